The maximum atomic E-state index is 13.5. The summed E-state index contributed by atoms with van der Waals surface area (Å²) in [6, 6.07) is 10.0. The second-order valence-electron chi connectivity index (χ2n) is 15.3. The van der Waals surface area contributed by atoms with E-state index < -0.39 is 0 Å². The highest BCUT2D eigenvalue weighted by atomic mass is 16.6. The van der Waals surface area contributed by atoms with Crippen LogP contribution in [0.25, 0.3) is 0 Å². The SMILES string of the molecule is CC1=C2C[C@H]3[C@@H](CCC4=C/C(=[N+](\C)[O-])CC[C@@]43C)[C@@H]2CC[C@@]2(C1)O[C@@H]1C[C@H](C)CN(C(=O)OCc3ccccc3)[C@H]1[C@H]2C. The molecule has 6 aliphatic rings. The maximum Gasteiger partial charge on any atom is 0.410 e. The summed E-state index contributed by atoms with van der Waals surface area (Å²) in [5.74, 6) is 2.68. The summed E-state index contributed by atoms with van der Waals surface area (Å²) < 4.78 is 14.1. The Bertz CT molecular complexity index is 1360. The Morgan fingerprint density at radius 3 is 2.72 bits per heavy atom. The Kier molecular flexibility index (Phi) is 7.31. The van der Waals surface area contributed by atoms with E-state index in [2.05, 4.69) is 33.8 Å². The van der Waals surface area contributed by atoms with Gasteiger partial charge >= 0.3 is 6.09 Å². The number of hydrogen-bond acceptors (Lipinski definition) is 4. The number of carbonyl (C=O) groups is 1. The van der Waals surface area contributed by atoms with Crippen molar-refractivity contribution in [3.8, 4) is 0 Å². The molecule has 9 atom stereocenters. The molecule has 2 heterocycles. The van der Waals surface area contributed by atoms with Crippen LogP contribution in [0.1, 0.15) is 91.0 Å². The fourth-order valence-corrected chi connectivity index (χ4v) is 10.6. The van der Waals surface area contributed by atoms with Gasteiger partial charge < -0.3 is 19.6 Å². The van der Waals surface area contributed by atoms with Crippen LogP contribution in [0.15, 0.2) is 53.1 Å². The fraction of sp³-hybridized carbons (Fsp3) is 0.676. The summed E-state index contributed by atoms with van der Waals surface area (Å²) in [6.45, 7) is 10.5. The molecule has 232 valence electrons. The zero-order valence-corrected chi connectivity index (χ0v) is 26.8. The largest absolute Gasteiger partial charge is 0.624 e. The first-order chi connectivity index (χ1) is 20.6. The van der Waals surface area contributed by atoms with Crippen molar-refractivity contribution in [2.24, 2.45) is 35.0 Å². The number of likely N-dealkylation sites (tertiary alicyclic amines) is 1. The number of amides is 1. The third-order valence-corrected chi connectivity index (χ3v) is 12.9. The number of hydrogen-bond donors (Lipinski definition) is 0. The highest BCUT2D eigenvalue weighted by Gasteiger charge is 2.60. The topological polar surface area (TPSA) is 64.8 Å². The minimum atomic E-state index is -0.217. The lowest BCUT2D eigenvalue weighted by Gasteiger charge is -2.48. The summed E-state index contributed by atoms with van der Waals surface area (Å²) in [6.07, 6.45) is 11.9. The number of ether oxygens (including phenoxy) is 2. The monoisotopic (exact) mass is 586 g/mol. The van der Waals surface area contributed by atoms with Gasteiger partial charge in [0.2, 0.25) is 0 Å². The van der Waals surface area contributed by atoms with Gasteiger partial charge in [0.25, 0.3) is 0 Å². The molecule has 1 amide bonds. The van der Waals surface area contributed by atoms with E-state index in [0.29, 0.717) is 24.4 Å². The van der Waals surface area contributed by atoms with Gasteiger partial charge in [-0.3, -0.25) is 0 Å². The predicted molar refractivity (Wildman–Crippen MR) is 169 cm³/mol. The van der Waals surface area contributed by atoms with Crippen molar-refractivity contribution >= 4 is 11.8 Å². The Labute approximate surface area is 257 Å². The van der Waals surface area contributed by atoms with Gasteiger partial charge in [-0.15, -0.1) is 0 Å². The minimum absolute atomic E-state index is 0.0658. The molecular weight excluding hydrogens is 536 g/mol. The van der Waals surface area contributed by atoms with Crippen LogP contribution in [-0.4, -0.2) is 52.8 Å². The predicted octanol–water partition coefficient (Wildman–Crippen LogP) is 7.66. The van der Waals surface area contributed by atoms with E-state index in [-0.39, 0.29) is 35.2 Å². The van der Waals surface area contributed by atoms with E-state index in [1.54, 1.807) is 18.2 Å². The Morgan fingerprint density at radius 2 is 1.95 bits per heavy atom. The van der Waals surface area contributed by atoms with Crippen molar-refractivity contribution in [2.45, 2.75) is 110 Å². The van der Waals surface area contributed by atoms with Gasteiger partial charge in [0.05, 0.1) is 17.7 Å². The van der Waals surface area contributed by atoms with Crippen molar-refractivity contribution in [3.63, 3.8) is 0 Å². The maximum absolute atomic E-state index is 13.5. The summed E-state index contributed by atoms with van der Waals surface area (Å²) in [7, 11) is 1.65. The minimum Gasteiger partial charge on any atom is -0.624 e. The molecule has 2 saturated heterocycles. The third-order valence-electron chi connectivity index (χ3n) is 12.9. The molecule has 4 aliphatic carbocycles. The number of fused-ring (bicyclic) bond motifs is 6. The molecule has 1 aromatic carbocycles. The van der Waals surface area contributed by atoms with Crippen LogP contribution in [0, 0.1) is 40.2 Å². The highest BCUT2D eigenvalue weighted by Crippen LogP contribution is 2.64. The lowest BCUT2D eigenvalue weighted by atomic mass is 9.56. The van der Waals surface area contributed by atoms with E-state index in [1.807, 2.05) is 35.2 Å². The Morgan fingerprint density at radius 1 is 1.16 bits per heavy atom. The smallest absolute Gasteiger partial charge is 0.410 e. The first kappa shape index (κ1) is 29.1. The normalized spacial score (nSPS) is 41.6. The van der Waals surface area contributed by atoms with E-state index in [9.17, 15) is 10.0 Å². The number of carbonyl (C=O) groups excluding carboxylic acids is 1. The van der Waals surface area contributed by atoms with Crippen molar-refractivity contribution in [3.05, 3.63) is 63.9 Å². The highest BCUT2D eigenvalue weighted by molar-refractivity contribution is 5.92. The summed E-state index contributed by atoms with van der Waals surface area (Å²) in [4.78, 5) is 15.6. The molecule has 2 aliphatic heterocycles. The van der Waals surface area contributed by atoms with Crippen LogP contribution in [0.5, 0.6) is 0 Å². The number of piperidine rings is 1. The zero-order chi connectivity index (χ0) is 30.1. The van der Waals surface area contributed by atoms with Crippen LogP contribution < -0.4 is 0 Å². The molecule has 2 saturated carbocycles. The number of hydroxylamine groups is 1. The van der Waals surface area contributed by atoms with Crippen molar-refractivity contribution < 1.29 is 19.0 Å². The number of allylic oxidation sites excluding steroid dienone is 3. The number of nitrogens with zero attached hydrogens (tertiary/aromatic N) is 2. The van der Waals surface area contributed by atoms with E-state index in [1.165, 1.54) is 24.8 Å². The molecule has 6 nitrogen and oxygen atoms in total. The number of rotatable bonds is 2. The zero-order valence-electron chi connectivity index (χ0n) is 26.8. The average Bonchev–Trinajstić information content (AvgIpc) is 3.45. The third kappa shape index (κ3) is 4.78. The van der Waals surface area contributed by atoms with Crippen molar-refractivity contribution in [2.75, 3.05) is 13.6 Å². The van der Waals surface area contributed by atoms with Crippen LogP contribution in [0.4, 0.5) is 4.79 Å². The molecule has 4 fully saturated rings. The molecule has 6 heteroatoms. The molecule has 7 rings (SSSR count). The van der Waals surface area contributed by atoms with Gasteiger partial charge in [-0.1, -0.05) is 67.8 Å². The summed E-state index contributed by atoms with van der Waals surface area (Å²) >= 11 is 0. The van der Waals surface area contributed by atoms with Crippen molar-refractivity contribution in [1.82, 2.24) is 4.90 Å². The molecular formula is C37H50N2O4. The van der Waals surface area contributed by atoms with Crippen LogP contribution >= 0.6 is 0 Å². The van der Waals surface area contributed by atoms with Gasteiger partial charge in [0.15, 0.2) is 5.71 Å². The molecule has 0 unspecified atom stereocenters. The molecule has 1 spiro atoms. The van der Waals surface area contributed by atoms with E-state index >= 15 is 0 Å². The lowest BCUT2D eigenvalue weighted by Crippen LogP contribution is -2.54. The molecule has 0 radical (unpaired) electrons. The Balaban J connectivity index is 1.12. The van der Waals surface area contributed by atoms with Crippen LogP contribution in [-0.2, 0) is 16.1 Å². The lowest BCUT2D eigenvalue weighted by molar-refractivity contribution is -0.423. The second-order valence-corrected chi connectivity index (χ2v) is 15.3. The van der Waals surface area contributed by atoms with Gasteiger partial charge in [0.1, 0.15) is 13.7 Å². The van der Waals surface area contributed by atoms with Crippen LogP contribution in [0.2, 0.25) is 0 Å². The standard InChI is InChI=1S/C37H50N2O4/c1-23-17-33-34(39(21-23)35(40)42-22-26-9-7-6-8-10-26)25(3)37(43-33)16-14-29-30-12-11-27-18-28(38(5)41)13-15-36(27,4)32(30)19-31(29)24(2)20-37/h6-10,18,23,25,29-30,32-34H,11-17,19-22H2,1-5H3/b38-28+/t23-,25+,29-,30-,32-,33+,34-,36-,37-/m0/s1. The summed E-state index contributed by atoms with van der Waals surface area (Å²) in [5, 5.41) is 12.1. The molecule has 0 aromatic heterocycles. The van der Waals surface area contributed by atoms with E-state index in [0.717, 1.165) is 67.0 Å². The van der Waals surface area contributed by atoms with Gasteiger partial charge in [-0.05, 0) is 92.9 Å². The van der Waals surface area contributed by atoms with Gasteiger partial charge in [-0.25, -0.2) is 9.53 Å². The first-order valence-corrected chi connectivity index (χ1v) is 16.9. The Hall–Kier alpha value is -2.60. The quantitative estimate of drug-likeness (QED) is 0.154. The second kappa shape index (κ2) is 10.8. The molecule has 0 N–H and O–H groups in total. The van der Waals surface area contributed by atoms with Gasteiger partial charge in [-0.2, -0.15) is 0 Å². The molecule has 1 aromatic rings. The van der Waals surface area contributed by atoms with Crippen molar-refractivity contribution in [1.29, 1.82) is 0 Å². The van der Waals surface area contributed by atoms with Crippen LogP contribution in [0.3, 0.4) is 0 Å². The molecule has 43 heavy (non-hydrogen) atoms. The van der Waals surface area contributed by atoms with Gasteiger partial charge in [0, 0.05) is 25.0 Å². The average molecular weight is 587 g/mol. The van der Waals surface area contributed by atoms with E-state index in [4.69, 9.17) is 9.47 Å². The number of benzene rings is 1. The molecule has 0 bridgehead atoms. The fourth-order valence-electron chi connectivity index (χ4n) is 10.6. The first-order valence-electron chi connectivity index (χ1n) is 16.9. The summed E-state index contributed by atoms with van der Waals surface area (Å²) in [5.41, 5.74) is 6.75.